The largest absolute Gasteiger partial charge is 0.497 e. The van der Waals surface area contributed by atoms with E-state index in [0.717, 1.165) is 77.0 Å². The minimum absolute atomic E-state index is 0. The SMILES string of the molecule is CN=C(NCCCN1CCN(c2ccc(OC)cc2)CC1)NCC1CCCO1.I. The third-order valence-electron chi connectivity index (χ3n) is 5.50. The molecular weight excluding hydrogens is 481 g/mol. The van der Waals surface area contributed by atoms with Crippen molar-refractivity contribution in [1.29, 1.82) is 0 Å². The molecule has 2 heterocycles. The molecule has 1 aromatic carbocycles. The Bertz CT molecular complexity index is 600. The lowest BCUT2D eigenvalue weighted by atomic mass is 10.2. The van der Waals surface area contributed by atoms with Crippen LogP contribution in [0.4, 0.5) is 5.69 Å². The van der Waals surface area contributed by atoms with E-state index in [-0.39, 0.29) is 24.0 Å². The van der Waals surface area contributed by atoms with Crippen LogP contribution in [0.5, 0.6) is 5.75 Å². The molecule has 3 rings (SSSR count). The van der Waals surface area contributed by atoms with Gasteiger partial charge < -0.3 is 25.0 Å². The molecule has 0 spiro atoms. The number of aliphatic imine (C=N–C) groups is 1. The molecule has 0 aromatic heterocycles. The average Bonchev–Trinajstić information content (AvgIpc) is 3.27. The average molecular weight is 517 g/mol. The standard InChI is InChI=1S/C21H35N5O2.HI/c1-22-21(24-17-20-5-3-16-28-20)23-10-4-11-25-12-14-26(15-13-25)18-6-8-19(27-2)9-7-18;/h6-9,20H,3-5,10-17H2,1-2H3,(H2,22,23,24);1H. The number of methoxy groups -OCH3 is 1. The first-order chi connectivity index (χ1) is 13.8. The third-order valence-corrected chi connectivity index (χ3v) is 5.50. The third kappa shape index (κ3) is 7.82. The van der Waals surface area contributed by atoms with Crippen molar-refractivity contribution in [2.75, 3.05) is 71.5 Å². The van der Waals surface area contributed by atoms with Crippen molar-refractivity contribution in [2.45, 2.75) is 25.4 Å². The Morgan fingerprint density at radius 2 is 1.93 bits per heavy atom. The summed E-state index contributed by atoms with van der Waals surface area (Å²) in [6.07, 6.45) is 3.76. The summed E-state index contributed by atoms with van der Waals surface area (Å²) < 4.78 is 10.9. The predicted octanol–water partition coefficient (Wildman–Crippen LogP) is 2.17. The number of nitrogens with one attached hydrogen (secondary N) is 2. The van der Waals surface area contributed by atoms with E-state index < -0.39 is 0 Å². The van der Waals surface area contributed by atoms with Crippen LogP contribution in [0.1, 0.15) is 19.3 Å². The highest BCUT2D eigenvalue weighted by molar-refractivity contribution is 14.0. The highest BCUT2D eigenvalue weighted by Gasteiger charge is 2.17. The van der Waals surface area contributed by atoms with Crippen molar-refractivity contribution >= 4 is 35.6 Å². The molecule has 164 valence electrons. The van der Waals surface area contributed by atoms with E-state index >= 15 is 0 Å². The number of halogens is 1. The Kier molecular flexibility index (Phi) is 10.9. The van der Waals surface area contributed by atoms with Gasteiger partial charge in [-0.1, -0.05) is 0 Å². The lowest BCUT2D eigenvalue weighted by molar-refractivity contribution is 0.114. The summed E-state index contributed by atoms with van der Waals surface area (Å²) in [4.78, 5) is 9.29. The summed E-state index contributed by atoms with van der Waals surface area (Å²) >= 11 is 0. The predicted molar refractivity (Wildman–Crippen MR) is 130 cm³/mol. The quantitative estimate of drug-likeness (QED) is 0.239. The van der Waals surface area contributed by atoms with Gasteiger partial charge in [0.05, 0.1) is 13.2 Å². The van der Waals surface area contributed by atoms with E-state index in [0.29, 0.717) is 6.10 Å². The fourth-order valence-electron chi connectivity index (χ4n) is 3.77. The van der Waals surface area contributed by atoms with Gasteiger partial charge in [-0.25, -0.2) is 0 Å². The molecule has 0 radical (unpaired) electrons. The minimum atomic E-state index is 0. The molecular formula is C21H36IN5O2. The number of benzene rings is 1. The number of ether oxygens (including phenoxy) is 2. The number of rotatable bonds is 8. The van der Waals surface area contributed by atoms with Crippen LogP contribution in [0.25, 0.3) is 0 Å². The Labute approximate surface area is 192 Å². The van der Waals surface area contributed by atoms with Gasteiger partial charge in [0, 0.05) is 58.6 Å². The first kappa shape index (κ1) is 24.0. The van der Waals surface area contributed by atoms with Gasteiger partial charge in [0.15, 0.2) is 5.96 Å². The molecule has 0 aliphatic carbocycles. The second-order valence-electron chi connectivity index (χ2n) is 7.40. The molecule has 29 heavy (non-hydrogen) atoms. The number of nitrogens with zero attached hydrogens (tertiary/aromatic N) is 3. The number of hydrogen-bond acceptors (Lipinski definition) is 5. The number of hydrogen-bond donors (Lipinski definition) is 2. The molecule has 0 saturated carbocycles. The first-order valence-corrected chi connectivity index (χ1v) is 10.5. The monoisotopic (exact) mass is 517 g/mol. The molecule has 2 fully saturated rings. The van der Waals surface area contributed by atoms with Gasteiger partial charge in [-0.3, -0.25) is 9.89 Å². The second kappa shape index (κ2) is 13.1. The van der Waals surface area contributed by atoms with Gasteiger partial charge in [-0.2, -0.15) is 0 Å². The van der Waals surface area contributed by atoms with Gasteiger partial charge >= 0.3 is 0 Å². The molecule has 2 saturated heterocycles. The van der Waals surface area contributed by atoms with Crippen molar-refractivity contribution in [3.8, 4) is 5.75 Å². The summed E-state index contributed by atoms with van der Waals surface area (Å²) in [7, 11) is 3.53. The zero-order valence-corrected chi connectivity index (χ0v) is 20.1. The molecule has 2 N–H and O–H groups in total. The summed E-state index contributed by atoms with van der Waals surface area (Å²) in [5.74, 6) is 1.79. The van der Waals surface area contributed by atoms with Gasteiger partial charge in [-0.15, -0.1) is 24.0 Å². The Balaban J connectivity index is 0.00000300. The summed E-state index contributed by atoms with van der Waals surface area (Å²) in [5.41, 5.74) is 1.28. The van der Waals surface area contributed by atoms with Crippen LogP contribution in [0, 0.1) is 0 Å². The van der Waals surface area contributed by atoms with E-state index in [2.05, 4.69) is 37.6 Å². The van der Waals surface area contributed by atoms with Crippen LogP contribution in [0.3, 0.4) is 0 Å². The van der Waals surface area contributed by atoms with Crippen LogP contribution in [0.2, 0.25) is 0 Å². The molecule has 0 amide bonds. The van der Waals surface area contributed by atoms with Crippen molar-refractivity contribution in [2.24, 2.45) is 4.99 Å². The number of anilines is 1. The molecule has 7 nitrogen and oxygen atoms in total. The second-order valence-corrected chi connectivity index (χ2v) is 7.40. The zero-order valence-electron chi connectivity index (χ0n) is 17.7. The summed E-state index contributed by atoms with van der Waals surface area (Å²) in [6, 6.07) is 8.36. The fraction of sp³-hybridized carbons (Fsp3) is 0.667. The molecule has 1 atom stereocenters. The molecule has 8 heteroatoms. The van der Waals surface area contributed by atoms with Crippen molar-refractivity contribution in [3.63, 3.8) is 0 Å². The van der Waals surface area contributed by atoms with Crippen LogP contribution in [-0.2, 0) is 4.74 Å². The normalized spacial score (nSPS) is 20.3. The topological polar surface area (TPSA) is 61.4 Å². The van der Waals surface area contributed by atoms with Crippen LogP contribution < -0.4 is 20.3 Å². The lowest BCUT2D eigenvalue weighted by Crippen LogP contribution is -2.47. The van der Waals surface area contributed by atoms with Crippen molar-refractivity contribution < 1.29 is 9.47 Å². The van der Waals surface area contributed by atoms with Crippen LogP contribution in [0.15, 0.2) is 29.3 Å². The molecule has 1 aromatic rings. The van der Waals surface area contributed by atoms with Gasteiger partial charge in [0.25, 0.3) is 0 Å². The molecule has 2 aliphatic heterocycles. The maximum absolute atomic E-state index is 5.64. The van der Waals surface area contributed by atoms with E-state index in [1.165, 1.54) is 12.1 Å². The van der Waals surface area contributed by atoms with Crippen LogP contribution >= 0.6 is 24.0 Å². The highest BCUT2D eigenvalue weighted by Crippen LogP contribution is 2.20. The van der Waals surface area contributed by atoms with E-state index in [1.807, 2.05) is 19.2 Å². The highest BCUT2D eigenvalue weighted by atomic mass is 127. The number of guanidine groups is 1. The summed E-state index contributed by atoms with van der Waals surface area (Å²) in [6.45, 7) is 8.15. The number of piperazine rings is 1. The van der Waals surface area contributed by atoms with E-state index in [1.54, 1.807) is 7.11 Å². The van der Waals surface area contributed by atoms with Crippen LogP contribution in [-0.4, -0.2) is 83.5 Å². The Morgan fingerprint density at radius 1 is 1.17 bits per heavy atom. The molecule has 1 unspecified atom stereocenters. The Morgan fingerprint density at radius 3 is 2.55 bits per heavy atom. The van der Waals surface area contributed by atoms with E-state index in [9.17, 15) is 0 Å². The minimum Gasteiger partial charge on any atom is -0.497 e. The lowest BCUT2D eigenvalue weighted by Gasteiger charge is -2.36. The smallest absolute Gasteiger partial charge is 0.191 e. The first-order valence-electron chi connectivity index (χ1n) is 10.5. The van der Waals surface area contributed by atoms with Gasteiger partial charge in [0.2, 0.25) is 0 Å². The molecule has 2 aliphatic rings. The van der Waals surface area contributed by atoms with Crippen molar-refractivity contribution in [3.05, 3.63) is 24.3 Å². The fourth-order valence-corrected chi connectivity index (χ4v) is 3.77. The maximum Gasteiger partial charge on any atom is 0.191 e. The summed E-state index contributed by atoms with van der Waals surface area (Å²) in [5, 5.41) is 6.78. The molecule has 0 bridgehead atoms. The zero-order chi connectivity index (χ0) is 19.6. The maximum atomic E-state index is 5.64. The van der Waals surface area contributed by atoms with Gasteiger partial charge in [-0.05, 0) is 50.1 Å². The van der Waals surface area contributed by atoms with Gasteiger partial charge in [0.1, 0.15) is 5.75 Å². The van der Waals surface area contributed by atoms with E-state index in [4.69, 9.17) is 9.47 Å². The Hall–Kier alpha value is -1.26. The van der Waals surface area contributed by atoms with Crippen molar-refractivity contribution in [1.82, 2.24) is 15.5 Å².